The van der Waals surface area contributed by atoms with E-state index in [2.05, 4.69) is 10.3 Å². The van der Waals surface area contributed by atoms with E-state index in [9.17, 15) is 9.59 Å². The summed E-state index contributed by atoms with van der Waals surface area (Å²) >= 11 is 1.37. The van der Waals surface area contributed by atoms with E-state index < -0.39 is 5.25 Å². The van der Waals surface area contributed by atoms with Gasteiger partial charge in [0.2, 0.25) is 5.91 Å². The van der Waals surface area contributed by atoms with Gasteiger partial charge in [0, 0.05) is 19.4 Å². The molecule has 0 saturated carbocycles. The fraction of sp³-hybridized carbons (Fsp3) is 0.190. The number of rotatable bonds is 5. The van der Waals surface area contributed by atoms with Crippen LogP contribution in [0.3, 0.4) is 0 Å². The predicted molar refractivity (Wildman–Crippen MR) is 111 cm³/mol. The third-order valence-corrected chi connectivity index (χ3v) is 5.70. The first-order valence-corrected chi connectivity index (χ1v) is 9.75. The SMILES string of the molecule is CC(=O)c1oc2ccccc2c1NC(=O)[C@H](C)Sc1nc2ccccc2n1C. The van der Waals surface area contributed by atoms with Crippen LogP contribution < -0.4 is 5.32 Å². The van der Waals surface area contributed by atoms with Gasteiger partial charge in [-0.15, -0.1) is 0 Å². The number of fused-ring (bicyclic) bond motifs is 2. The maximum Gasteiger partial charge on any atom is 0.237 e. The van der Waals surface area contributed by atoms with E-state index in [4.69, 9.17) is 4.42 Å². The molecule has 0 aliphatic carbocycles. The number of nitrogens with one attached hydrogen (secondary N) is 1. The maximum atomic E-state index is 12.8. The van der Waals surface area contributed by atoms with Crippen LogP contribution in [0.4, 0.5) is 5.69 Å². The van der Waals surface area contributed by atoms with Gasteiger partial charge in [-0.05, 0) is 31.2 Å². The highest BCUT2D eigenvalue weighted by Gasteiger charge is 2.23. The second-order valence-corrected chi connectivity index (χ2v) is 7.86. The quantitative estimate of drug-likeness (QED) is 0.395. The summed E-state index contributed by atoms with van der Waals surface area (Å²) in [5.41, 5.74) is 2.89. The van der Waals surface area contributed by atoms with Crippen LogP contribution in [0, 0.1) is 0 Å². The van der Waals surface area contributed by atoms with Gasteiger partial charge in [0.1, 0.15) is 5.58 Å². The van der Waals surface area contributed by atoms with Crippen molar-refractivity contribution in [2.24, 2.45) is 7.05 Å². The van der Waals surface area contributed by atoms with Crippen LogP contribution in [0.2, 0.25) is 0 Å². The lowest BCUT2D eigenvalue weighted by atomic mass is 10.2. The summed E-state index contributed by atoms with van der Waals surface area (Å²) in [6.45, 7) is 3.24. The van der Waals surface area contributed by atoms with Crippen LogP contribution in [-0.4, -0.2) is 26.5 Å². The van der Waals surface area contributed by atoms with Gasteiger partial charge in [0.25, 0.3) is 0 Å². The number of nitrogens with zero attached hydrogens (tertiary/aromatic N) is 2. The van der Waals surface area contributed by atoms with Crippen molar-refractivity contribution in [3.05, 3.63) is 54.3 Å². The summed E-state index contributed by atoms with van der Waals surface area (Å²) in [4.78, 5) is 29.4. The molecule has 0 fully saturated rings. The highest BCUT2D eigenvalue weighted by molar-refractivity contribution is 8.00. The number of aryl methyl sites for hydroxylation is 1. The Morgan fingerprint density at radius 1 is 1.14 bits per heavy atom. The van der Waals surface area contributed by atoms with Crippen LogP contribution in [0.25, 0.3) is 22.0 Å². The lowest BCUT2D eigenvalue weighted by Crippen LogP contribution is -2.23. The maximum absolute atomic E-state index is 12.8. The highest BCUT2D eigenvalue weighted by atomic mass is 32.2. The van der Waals surface area contributed by atoms with E-state index >= 15 is 0 Å². The number of carbonyl (C=O) groups excluding carboxylic acids is 2. The van der Waals surface area contributed by atoms with Crippen LogP contribution in [-0.2, 0) is 11.8 Å². The number of Topliss-reactive ketones (excluding diaryl/α,β-unsaturated/α-hetero) is 1. The van der Waals surface area contributed by atoms with Gasteiger partial charge in [0.15, 0.2) is 16.7 Å². The molecule has 2 aromatic heterocycles. The van der Waals surface area contributed by atoms with Gasteiger partial charge in [0.05, 0.1) is 22.0 Å². The van der Waals surface area contributed by atoms with E-state index in [0.717, 1.165) is 16.2 Å². The number of benzene rings is 2. The number of aromatic nitrogens is 2. The molecule has 0 saturated heterocycles. The zero-order valence-electron chi connectivity index (χ0n) is 15.7. The van der Waals surface area contributed by atoms with Crippen molar-refractivity contribution < 1.29 is 14.0 Å². The minimum atomic E-state index is -0.413. The van der Waals surface area contributed by atoms with Crippen molar-refractivity contribution in [1.29, 1.82) is 0 Å². The monoisotopic (exact) mass is 393 g/mol. The lowest BCUT2D eigenvalue weighted by molar-refractivity contribution is -0.115. The minimum absolute atomic E-state index is 0.162. The number of furan rings is 1. The fourth-order valence-electron chi connectivity index (χ4n) is 3.08. The van der Waals surface area contributed by atoms with Crippen LogP contribution in [0.15, 0.2) is 58.1 Å². The predicted octanol–water partition coefficient (Wildman–Crippen LogP) is 4.64. The van der Waals surface area contributed by atoms with Crippen LogP contribution in [0.1, 0.15) is 24.4 Å². The Hall–Kier alpha value is -3.06. The number of hydrogen-bond donors (Lipinski definition) is 1. The van der Waals surface area contributed by atoms with Crippen molar-refractivity contribution in [3.63, 3.8) is 0 Å². The Labute approximate surface area is 165 Å². The molecule has 0 aliphatic rings. The molecule has 0 radical (unpaired) electrons. The Balaban J connectivity index is 1.60. The van der Waals surface area contributed by atoms with E-state index in [-0.39, 0.29) is 17.5 Å². The van der Waals surface area contributed by atoms with Crippen molar-refractivity contribution in [3.8, 4) is 0 Å². The Morgan fingerprint density at radius 2 is 1.86 bits per heavy atom. The average Bonchev–Trinajstić information content (AvgIpc) is 3.20. The number of para-hydroxylation sites is 3. The first-order valence-electron chi connectivity index (χ1n) is 8.87. The largest absolute Gasteiger partial charge is 0.451 e. The molecular formula is C21H19N3O3S. The van der Waals surface area contributed by atoms with Gasteiger partial charge in [-0.2, -0.15) is 0 Å². The van der Waals surface area contributed by atoms with Gasteiger partial charge < -0.3 is 14.3 Å². The average molecular weight is 393 g/mol. The van der Waals surface area contributed by atoms with Crippen molar-refractivity contribution in [1.82, 2.24) is 9.55 Å². The number of ketones is 1. The standard InChI is InChI=1S/C21H19N3O3S/c1-12(25)19-18(14-8-4-7-11-17(14)27-19)23-20(26)13(2)28-21-22-15-9-5-6-10-16(15)24(21)3/h4-11,13H,1-3H3,(H,23,26)/t13-/m0/s1. The third-order valence-electron chi connectivity index (χ3n) is 4.56. The van der Waals surface area contributed by atoms with Crippen LogP contribution in [0.5, 0.6) is 0 Å². The van der Waals surface area contributed by atoms with Crippen molar-refractivity contribution in [2.45, 2.75) is 24.3 Å². The van der Waals surface area contributed by atoms with E-state index in [1.165, 1.54) is 18.7 Å². The van der Waals surface area contributed by atoms with Gasteiger partial charge >= 0.3 is 0 Å². The molecule has 2 aromatic carbocycles. The summed E-state index contributed by atoms with van der Waals surface area (Å²) in [6, 6.07) is 15.1. The molecule has 28 heavy (non-hydrogen) atoms. The van der Waals surface area contributed by atoms with Crippen molar-refractivity contribution >= 4 is 51.1 Å². The number of amides is 1. The Morgan fingerprint density at radius 3 is 2.61 bits per heavy atom. The number of carbonyl (C=O) groups is 2. The van der Waals surface area contributed by atoms with Crippen molar-refractivity contribution in [2.75, 3.05) is 5.32 Å². The molecule has 0 bridgehead atoms. The van der Waals surface area contributed by atoms with Gasteiger partial charge in [-0.25, -0.2) is 4.98 Å². The molecule has 1 N–H and O–H groups in total. The third kappa shape index (κ3) is 3.18. The fourth-order valence-corrected chi connectivity index (χ4v) is 3.97. The first kappa shape index (κ1) is 18.3. The summed E-state index contributed by atoms with van der Waals surface area (Å²) in [6.07, 6.45) is 0. The topological polar surface area (TPSA) is 77.1 Å². The van der Waals surface area contributed by atoms with E-state index in [0.29, 0.717) is 16.7 Å². The Bertz CT molecular complexity index is 1210. The summed E-state index contributed by atoms with van der Waals surface area (Å²) in [5, 5.41) is 3.93. The molecule has 1 amide bonds. The minimum Gasteiger partial charge on any atom is -0.451 e. The van der Waals surface area contributed by atoms with E-state index in [1.807, 2.05) is 61.0 Å². The molecule has 7 heteroatoms. The molecule has 4 aromatic rings. The second kappa shape index (κ2) is 7.16. The smallest absolute Gasteiger partial charge is 0.237 e. The van der Waals surface area contributed by atoms with Gasteiger partial charge in [-0.1, -0.05) is 36.0 Å². The molecule has 0 aliphatic heterocycles. The molecular weight excluding hydrogens is 374 g/mol. The lowest BCUT2D eigenvalue weighted by Gasteiger charge is -2.11. The normalized spacial score (nSPS) is 12.4. The second-order valence-electron chi connectivity index (χ2n) is 6.55. The summed E-state index contributed by atoms with van der Waals surface area (Å²) in [7, 11) is 1.93. The number of hydrogen-bond acceptors (Lipinski definition) is 5. The number of anilines is 1. The van der Waals surface area contributed by atoms with Crippen LogP contribution >= 0.6 is 11.8 Å². The summed E-state index contributed by atoms with van der Waals surface area (Å²) in [5.74, 6) is -0.289. The zero-order chi connectivity index (χ0) is 19.8. The van der Waals surface area contributed by atoms with E-state index in [1.54, 1.807) is 6.07 Å². The Kier molecular flexibility index (Phi) is 4.68. The molecule has 6 nitrogen and oxygen atoms in total. The molecule has 142 valence electrons. The number of imidazole rings is 1. The first-order chi connectivity index (χ1) is 13.5. The molecule has 2 heterocycles. The zero-order valence-corrected chi connectivity index (χ0v) is 16.5. The molecule has 1 atom stereocenters. The van der Waals surface area contributed by atoms with Gasteiger partial charge in [-0.3, -0.25) is 9.59 Å². The molecule has 4 rings (SSSR count). The highest BCUT2D eigenvalue weighted by Crippen LogP contribution is 2.32. The summed E-state index contributed by atoms with van der Waals surface area (Å²) < 4.78 is 7.60. The molecule has 0 spiro atoms. The molecule has 0 unspecified atom stereocenters. The number of thioether (sulfide) groups is 1.